The number of aliphatic hydroxyl groups is 1. The maximum absolute atomic E-state index is 11.6. The third-order valence-corrected chi connectivity index (χ3v) is 3.97. The molecule has 2 N–H and O–H groups in total. The molecule has 0 aromatic heterocycles. The highest BCUT2D eigenvalue weighted by atomic mass is 16.6. The van der Waals surface area contributed by atoms with Gasteiger partial charge in [0.15, 0.2) is 0 Å². The van der Waals surface area contributed by atoms with E-state index in [1.807, 2.05) is 0 Å². The minimum atomic E-state index is -0.837. The number of fused-ring (bicyclic) bond motifs is 1. The Morgan fingerprint density at radius 3 is 2.81 bits per heavy atom. The van der Waals surface area contributed by atoms with Crippen LogP contribution in [0.3, 0.4) is 0 Å². The van der Waals surface area contributed by atoms with Crippen molar-refractivity contribution < 1.29 is 24.3 Å². The summed E-state index contributed by atoms with van der Waals surface area (Å²) < 4.78 is 10.9. The van der Waals surface area contributed by atoms with Gasteiger partial charge < -0.3 is 19.9 Å². The number of nitro benzene ring substituents is 1. The van der Waals surface area contributed by atoms with Crippen molar-refractivity contribution in [1.82, 2.24) is 5.32 Å². The fourth-order valence-electron chi connectivity index (χ4n) is 2.93. The molecule has 8 nitrogen and oxygen atoms in total. The molecule has 1 aromatic rings. The van der Waals surface area contributed by atoms with E-state index in [0.717, 1.165) is 6.42 Å². The standard InChI is InChI=1S/C18H26N2O6/c1-18(2,3)26-17(22)19-10-5-11-25-15-9-8-13(20(23)24)16-12(15)6-4-7-14(16)21/h8-9,14,21H,4-7,10-11H2,1-3H3,(H,19,22). The molecule has 1 aliphatic rings. The number of hydrogen-bond acceptors (Lipinski definition) is 6. The molecule has 0 spiro atoms. The Bertz CT molecular complexity index is 668. The highest BCUT2D eigenvalue weighted by Crippen LogP contribution is 2.40. The van der Waals surface area contributed by atoms with Crippen molar-refractivity contribution in [2.75, 3.05) is 13.2 Å². The van der Waals surface area contributed by atoms with Gasteiger partial charge in [0.25, 0.3) is 5.69 Å². The van der Waals surface area contributed by atoms with Crippen LogP contribution in [0.2, 0.25) is 0 Å². The van der Waals surface area contributed by atoms with E-state index in [-0.39, 0.29) is 5.69 Å². The van der Waals surface area contributed by atoms with Crippen LogP contribution in [0.5, 0.6) is 5.75 Å². The summed E-state index contributed by atoms with van der Waals surface area (Å²) in [6.07, 6.45) is 1.15. The zero-order chi connectivity index (χ0) is 19.3. The van der Waals surface area contributed by atoms with Crippen molar-refractivity contribution in [2.24, 2.45) is 0 Å². The van der Waals surface area contributed by atoms with Gasteiger partial charge in [-0.1, -0.05) is 0 Å². The van der Waals surface area contributed by atoms with Crippen LogP contribution >= 0.6 is 0 Å². The van der Waals surface area contributed by atoms with Crippen molar-refractivity contribution in [3.05, 3.63) is 33.4 Å². The monoisotopic (exact) mass is 366 g/mol. The summed E-state index contributed by atoms with van der Waals surface area (Å²) >= 11 is 0. The highest BCUT2D eigenvalue weighted by molar-refractivity contribution is 5.67. The minimum absolute atomic E-state index is 0.0638. The molecule has 1 aromatic carbocycles. The summed E-state index contributed by atoms with van der Waals surface area (Å²) in [6, 6.07) is 2.96. The summed E-state index contributed by atoms with van der Waals surface area (Å²) in [5.41, 5.74) is 0.467. The van der Waals surface area contributed by atoms with Crippen LogP contribution in [0, 0.1) is 10.1 Å². The molecule has 2 rings (SSSR count). The maximum Gasteiger partial charge on any atom is 0.407 e. The maximum atomic E-state index is 11.6. The number of hydrogen-bond donors (Lipinski definition) is 2. The molecule has 1 unspecified atom stereocenters. The lowest BCUT2D eigenvalue weighted by Crippen LogP contribution is -2.33. The molecular weight excluding hydrogens is 340 g/mol. The number of nitrogens with zero attached hydrogens (tertiary/aromatic N) is 1. The number of carbonyl (C=O) groups is 1. The Balaban J connectivity index is 1.92. The van der Waals surface area contributed by atoms with E-state index >= 15 is 0 Å². The van der Waals surface area contributed by atoms with Crippen LogP contribution in [-0.2, 0) is 11.2 Å². The average molecular weight is 366 g/mol. The largest absolute Gasteiger partial charge is 0.493 e. The number of benzene rings is 1. The van der Waals surface area contributed by atoms with E-state index in [9.17, 15) is 20.0 Å². The SMILES string of the molecule is CC(C)(C)OC(=O)NCCCOc1ccc([N+](=O)[O-])c2c1CCCC2O. The van der Waals surface area contributed by atoms with Crippen molar-refractivity contribution >= 4 is 11.8 Å². The highest BCUT2D eigenvalue weighted by Gasteiger charge is 2.29. The van der Waals surface area contributed by atoms with Crippen molar-refractivity contribution in [3.63, 3.8) is 0 Å². The lowest BCUT2D eigenvalue weighted by Gasteiger charge is -2.23. The Kier molecular flexibility index (Phi) is 6.42. The molecule has 8 heteroatoms. The van der Waals surface area contributed by atoms with Gasteiger partial charge in [0.2, 0.25) is 0 Å². The number of nitro groups is 1. The number of ether oxygens (including phenoxy) is 2. The third kappa shape index (κ3) is 5.32. The average Bonchev–Trinajstić information content (AvgIpc) is 2.53. The van der Waals surface area contributed by atoms with Gasteiger partial charge >= 0.3 is 6.09 Å². The molecule has 0 heterocycles. The number of amides is 1. The molecule has 0 bridgehead atoms. The molecule has 0 radical (unpaired) electrons. The van der Waals surface area contributed by atoms with Gasteiger partial charge in [-0.25, -0.2) is 4.79 Å². The van der Waals surface area contributed by atoms with Crippen molar-refractivity contribution in [3.8, 4) is 5.75 Å². The predicted molar refractivity (Wildman–Crippen MR) is 95.3 cm³/mol. The fourth-order valence-corrected chi connectivity index (χ4v) is 2.93. The molecule has 0 saturated carbocycles. The van der Waals surface area contributed by atoms with E-state index < -0.39 is 22.7 Å². The first-order chi connectivity index (χ1) is 12.2. The lowest BCUT2D eigenvalue weighted by molar-refractivity contribution is -0.386. The minimum Gasteiger partial charge on any atom is -0.493 e. The Labute approximate surface area is 152 Å². The van der Waals surface area contributed by atoms with Gasteiger partial charge in [-0.15, -0.1) is 0 Å². The van der Waals surface area contributed by atoms with Crippen LogP contribution < -0.4 is 10.1 Å². The number of carbonyl (C=O) groups excluding carboxylic acids is 1. The molecule has 1 amide bonds. The topological polar surface area (TPSA) is 111 Å². The van der Waals surface area contributed by atoms with Crippen LogP contribution in [-0.4, -0.2) is 34.9 Å². The molecule has 144 valence electrons. The Hall–Kier alpha value is -2.35. The first kappa shape index (κ1) is 20.0. The summed E-state index contributed by atoms with van der Waals surface area (Å²) in [5.74, 6) is 0.557. The van der Waals surface area contributed by atoms with Gasteiger partial charge in [0.1, 0.15) is 11.4 Å². The predicted octanol–water partition coefficient (Wildman–Crippen LogP) is 3.26. The smallest absolute Gasteiger partial charge is 0.407 e. The second-order valence-electron chi connectivity index (χ2n) is 7.27. The molecule has 0 saturated heterocycles. The number of aliphatic hydroxyl groups excluding tert-OH is 1. The number of nitrogens with one attached hydrogen (secondary N) is 1. The second kappa shape index (κ2) is 8.35. The zero-order valence-corrected chi connectivity index (χ0v) is 15.4. The van der Waals surface area contributed by atoms with Crippen molar-refractivity contribution in [1.29, 1.82) is 0 Å². The molecule has 1 aliphatic carbocycles. The van der Waals surface area contributed by atoms with Gasteiger partial charge in [0, 0.05) is 18.2 Å². The normalized spacial score (nSPS) is 16.5. The molecular formula is C18H26N2O6. The first-order valence-electron chi connectivity index (χ1n) is 8.77. The van der Waals surface area contributed by atoms with E-state index in [0.29, 0.717) is 49.3 Å². The van der Waals surface area contributed by atoms with E-state index in [1.165, 1.54) is 6.07 Å². The Morgan fingerprint density at radius 2 is 2.15 bits per heavy atom. The van der Waals surface area contributed by atoms with Crippen LogP contribution in [0.15, 0.2) is 12.1 Å². The van der Waals surface area contributed by atoms with Crippen LogP contribution in [0.4, 0.5) is 10.5 Å². The third-order valence-electron chi connectivity index (χ3n) is 3.97. The first-order valence-corrected chi connectivity index (χ1v) is 8.77. The van der Waals surface area contributed by atoms with Gasteiger partial charge in [-0.2, -0.15) is 0 Å². The van der Waals surface area contributed by atoms with Gasteiger partial charge in [-0.05, 0) is 52.5 Å². The summed E-state index contributed by atoms with van der Waals surface area (Å²) in [4.78, 5) is 22.3. The summed E-state index contributed by atoms with van der Waals surface area (Å²) in [6.45, 7) is 6.12. The Morgan fingerprint density at radius 1 is 1.42 bits per heavy atom. The number of alkyl carbamates (subject to hydrolysis) is 1. The van der Waals surface area contributed by atoms with E-state index in [1.54, 1.807) is 26.8 Å². The van der Waals surface area contributed by atoms with Crippen LogP contribution in [0.1, 0.15) is 57.3 Å². The van der Waals surface area contributed by atoms with Gasteiger partial charge in [0.05, 0.1) is 23.2 Å². The summed E-state index contributed by atoms with van der Waals surface area (Å²) in [7, 11) is 0. The van der Waals surface area contributed by atoms with Crippen LogP contribution in [0.25, 0.3) is 0 Å². The van der Waals surface area contributed by atoms with Crippen molar-refractivity contribution in [2.45, 2.75) is 58.2 Å². The zero-order valence-electron chi connectivity index (χ0n) is 15.4. The van der Waals surface area contributed by atoms with Gasteiger partial charge in [-0.3, -0.25) is 10.1 Å². The van der Waals surface area contributed by atoms with E-state index in [2.05, 4.69) is 5.32 Å². The lowest BCUT2D eigenvalue weighted by atomic mass is 9.87. The fraction of sp³-hybridized carbons (Fsp3) is 0.611. The molecule has 0 fully saturated rings. The number of rotatable bonds is 6. The summed E-state index contributed by atoms with van der Waals surface area (Å²) in [5, 5.41) is 24.0. The molecule has 1 atom stereocenters. The second-order valence-corrected chi connectivity index (χ2v) is 7.27. The quantitative estimate of drug-likeness (QED) is 0.454. The molecule has 0 aliphatic heterocycles. The molecule has 26 heavy (non-hydrogen) atoms. The van der Waals surface area contributed by atoms with E-state index in [4.69, 9.17) is 9.47 Å².